The summed E-state index contributed by atoms with van der Waals surface area (Å²) in [4.78, 5) is 13.1. The molecule has 1 atom stereocenters. The monoisotopic (exact) mass is 229 g/mol. The highest BCUT2D eigenvalue weighted by atomic mass is 16.5. The number of carbonyl (C=O) groups is 1. The molecule has 0 aromatic rings. The lowest BCUT2D eigenvalue weighted by Crippen LogP contribution is -2.42. The van der Waals surface area contributed by atoms with Crippen molar-refractivity contribution in [2.45, 2.75) is 31.7 Å². The maximum absolute atomic E-state index is 10.8. The fraction of sp³-hybridized carbons (Fsp3) is 0.917. The Labute approximate surface area is 97.9 Å². The molecule has 4 heteroatoms. The number of nitrogens with zero attached hydrogens (tertiary/aromatic N) is 1. The van der Waals surface area contributed by atoms with Crippen LogP contribution < -0.4 is 0 Å². The molecular formula is C12H23NO3. The molecule has 1 fully saturated rings. The lowest BCUT2D eigenvalue weighted by atomic mass is 10.0. The molecule has 1 saturated heterocycles. The van der Waals surface area contributed by atoms with Crippen LogP contribution in [0.4, 0.5) is 0 Å². The standard InChI is InChI=1S/C12H23NO3/c1-15-8-4-9-16-10-7-13-6-3-2-5-12(13)11-14/h11-12H,2-10H2,1H3. The zero-order valence-corrected chi connectivity index (χ0v) is 10.2. The summed E-state index contributed by atoms with van der Waals surface area (Å²) in [6, 6.07) is 0.122. The number of methoxy groups -OCH3 is 1. The number of likely N-dealkylation sites (tertiary alicyclic amines) is 1. The van der Waals surface area contributed by atoms with Crippen LogP contribution in [-0.4, -0.2) is 57.2 Å². The first-order valence-corrected chi connectivity index (χ1v) is 6.14. The van der Waals surface area contributed by atoms with Gasteiger partial charge in [0.25, 0.3) is 0 Å². The van der Waals surface area contributed by atoms with Gasteiger partial charge in [0.05, 0.1) is 12.6 Å². The first kappa shape index (κ1) is 13.6. The zero-order valence-electron chi connectivity index (χ0n) is 10.2. The van der Waals surface area contributed by atoms with Crippen molar-refractivity contribution in [3.8, 4) is 0 Å². The van der Waals surface area contributed by atoms with E-state index >= 15 is 0 Å². The number of rotatable bonds is 8. The van der Waals surface area contributed by atoms with Crippen LogP contribution in [0.15, 0.2) is 0 Å². The number of ether oxygens (including phenoxy) is 2. The molecule has 0 radical (unpaired) electrons. The van der Waals surface area contributed by atoms with Crippen LogP contribution in [0, 0.1) is 0 Å². The highest BCUT2D eigenvalue weighted by Crippen LogP contribution is 2.14. The Bertz CT molecular complexity index is 187. The van der Waals surface area contributed by atoms with E-state index in [4.69, 9.17) is 9.47 Å². The molecule has 1 aliphatic rings. The third-order valence-electron chi connectivity index (χ3n) is 2.98. The topological polar surface area (TPSA) is 38.8 Å². The third kappa shape index (κ3) is 5.05. The second kappa shape index (κ2) is 8.67. The van der Waals surface area contributed by atoms with Crippen LogP contribution in [-0.2, 0) is 14.3 Å². The SMILES string of the molecule is COCCCOCCN1CCCCC1C=O. The molecule has 0 spiro atoms. The lowest BCUT2D eigenvalue weighted by Gasteiger charge is -2.31. The van der Waals surface area contributed by atoms with E-state index < -0.39 is 0 Å². The van der Waals surface area contributed by atoms with E-state index in [1.807, 2.05) is 0 Å². The van der Waals surface area contributed by atoms with Gasteiger partial charge < -0.3 is 14.3 Å². The maximum atomic E-state index is 10.8. The summed E-state index contributed by atoms with van der Waals surface area (Å²) >= 11 is 0. The second-order valence-corrected chi connectivity index (χ2v) is 4.19. The summed E-state index contributed by atoms with van der Waals surface area (Å²) in [5.74, 6) is 0. The van der Waals surface area contributed by atoms with Crippen molar-refractivity contribution in [2.24, 2.45) is 0 Å². The number of hydrogen-bond donors (Lipinski definition) is 0. The van der Waals surface area contributed by atoms with E-state index in [-0.39, 0.29) is 6.04 Å². The third-order valence-corrected chi connectivity index (χ3v) is 2.98. The fourth-order valence-electron chi connectivity index (χ4n) is 2.04. The first-order valence-electron chi connectivity index (χ1n) is 6.14. The van der Waals surface area contributed by atoms with Gasteiger partial charge in [0.15, 0.2) is 0 Å². The number of piperidine rings is 1. The van der Waals surface area contributed by atoms with Gasteiger partial charge >= 0.3 is 0 Å². The van der Waals surface area contributed by atoms with Gasteiger partial charge in [0, 0.05) is 26.9 Å². The molecule has 0 saturated carbocycles. The molecule has 1 aliphatic heterocycles. The van der Waals surface area contributed by atoms with Gasteiger partial charge in [0.1, 0.15) is 6.29 Å². The Hall–Kier alpha value is -0.450. The van der Waals surface area contributed by atoms with Crippen LogP contribution in [0.2, 0.25) is 0 Å². The molecule has 0 aromatic carbocycles. The fourth-order valence-corrected chi connectivity index (χ4v) is 2.04. The van der Waals surface area contributed by atoms with Gasteiger partial charge in [0.2, 0.25) is 0 Å². The van der Waals surface area contributed by atoms with Crippen LogP contribution >= 0.6 is 0 Å². The molecule has 1 heterocycles. The van der Waals surface area contributed by atoms with Crippen molar-refractivity contribution in [1.82, 2.24) is 4.90 Å². The van der Waals surface area contributed by atoms with Crippen molar-refractivity contribution >= 4 is 6.29 Å². The number of aldehydes is 1. The molecule has 1 rings (SSSR count). The molecular weight excluding hydrogens is 206 g/mol. The highest BCUT2D eigenvalue weighted by Gasteiger charge is 2.20. The smallest absolute Gasteiger partial charge is 0.137 e. The van der Waals surface area contributed by atoms with Crippen molar-refractivity contribution < 1.29 is 14.3 Å². The van der Waals surface area contributed by atoms with Crippen molar-refractivity contribution in [3.05, 3.63) is 0 Å². The summed E-state index contributed by atoms with van der Waals surface area (Å²) in [5.41, 5.74) is 0. The Kier molecular flexibility index (Phi) is 7.38. The van der Waals surface area contributed by atoms with Crippen LogP contribution in [0.25, 0.3) is 0 Å². The van der Waals surface area contributed by atoms with Crippen molar-refractivity contribution in [1.29, 1.82) is 0 Å². The van der Waals surface area contributed by atoms with E-state index in [0.29, 0.717) is 6.61 Å². The average Bonchev–Trinajstić information content (AvgIpc) is 2.34. The molecule has 1 unspecified atom stereocenters. The summed E-state index contributed by atoms with van der Waals surface area (Å²) in [6.07, 6.45) is 5.40. The summed E-state index contributed by atoms with van der Waals surface area (Å²) in [5, 5.41) is 0. The van der Waals surface area contributed by atoms with Gasteiger partial charge in [-0.15, -0.1) is 0 Å². The van der Waals surface area contributed by atoms with E-state index in [1.165, 1.54) is 12.8 Å². The molecule has 16 heavy (non-hydrogen) atoms. The van der Waals surface area contributed by atoms with E-state index in [9.17, 15) is 4.79 Å². The lowest BCUT2D eigenvalue weighted by molar-refractivity contribution is -0.113. The Morgan fingerprint density at radius 1 is 1.31 bits per heavy atom. The maximum Gasteiger partial charge on any atom is 0.137 e. The van der Waals surface area contributed by atoms with Crippen LogP contribution in [0.1, 0.15) is 25.7 Å². The molecule has 0 amide bonds. The summed E-state index contributed by atoms with van der Waals surface area (Å²) < 4.78 is 10.4. The Morgan fingerprint density at radius 3 is 2.94 bits per heavy atom. The predicted octanol–water partition coefficient (Wildman–Crippen LogP) is 1.09. The van der Waals surface area contributed by atoms with Crippen molar-refractivity contribution in [3.63, 3.8) is 0 Å². The van der Waals surface area contributed by atoms with E-state index in [0.717, 1.165) is 45.4 Å². The van der Waals surface area contributed by atoms with E-state index in [1.54, 1.807) is 7.11 Å². The Balaban J connectivity index is 2.04. The van der Waals surface area contributed by atoms with Gasteiger partial charge in [-0.05, 0) is 25.8 Å². The predicted molar refractivity (Wildman–Crippen MR) is 62.6 cm³/mol. The zero-order chi connectivity index (χ0) is 11.6. The highest BCUT2D eigenvalue weighted by molar-refractivity contribution is 5.57. The second-order valence-electron chi connectivity index (χ2n) is 4.19. The summed E-state index contributed by atoms with van der Waals surface area (Å²) in [7, 11) is 1.70. The molecule has 4 nitrogen and oxygen atoms in total. The largest absolute Gasteiger partial charge is 0.385 e. The Morgan fingerprint density at radius 2 is 2.19 bits per heavy atom. The number of hydrogen-bond acceptors (Lipinski definition) is 4. The van der Waals surface area contributed by atoms with Crippen molar-refractivity contribution in [2.75, 3.05) is 40.0 Å². The van der Waals surface area contributed by atoms with Crippen LogP contribution in [0.3, 0.4) is 0 Å². The average molecular weight is 229 g/mol. The minimum absolute atomic E-state index is 0.122. The van der Waals surface area contributed by atoms with Crippen LogP contribution in [0.5, 0.6) is 0 Å². The molecule has 0 bridgehead atoms. The molecule has 0 aliphatic carbocycles. The van der Waals surface area contributed by atoms with Gasteiger partial charge in [-0.25, -0.2) is 0 Å². The normalized spacial score (nSPS) is 22.2. The van der Waals surface area contributed by atoms with Gasteiger partial charge in [-0.3, -0.25) is 4.90 Å². The minimum atomic E-state index is 0.122. The minimum Gasteiger partial charge on any atom is -0.385 e. The van der Waals surface area contributed by atoms with Gasteiger partial charge in [-0.2, -0.15) is 0 Å². The van der Waals surface area contributed by atoms with E-state index in [2.05, 4.69) is 4.90 Å². The summed E-state index contributed by atoms with van der Waals surface area (Å²) in [6.45, 7) is 4.11. The quantitative estimate of drug-likeness (QED) is 0.461. The molecule has 0 N–H and O–H groups in total. The van der Waals surface area contributed by atoms with Gasteiger partial charge in [-0.1, -0.05) is 6.42 Å². The molecule has 94 valence electrons. The number of carbonyl (C=O) groups excluding carboxylic acids is 1. The molecule has 0 aromatic heterocycles. The first-order chi connectivity index (χ1) is 7.88.